The highest BCUT2D eigenvalue weighted by Gasteiger charge is 2.08. The molecule has 0 amide bonds. The van der Waals surface area contributed by atoms with Crippen molar-refractivity contribution in [2.24, 2.45) is 0 Å². The van der Waals surface area contributed by atoms with Crippen molar-refractivity contribution in [1.29, 1.82) is 0 Å². The van der Waals surface area contributed by atoms with E-state index in [4.69, 9.17) is 4.74 Å². The van der Waals surface area contributed by atoms with Gasteiger partial charge < -0.3 is 9.63 Å². The highest BCUT2D eigenvalue weighted by Crippen LogP contribution is 2.26. The number of hydrogen-bond acceptors (Lipinski definition) is 2. The molecule has 1 N–H and O–H groups in total. The molecule has 0 saturated carbocycles. The van der Waals surface area contributed by atoms with E-state index in [1.165, 1.54) is 0 Å². The first-order valence-corrected chi connectivity index (χ1v) is 7.13. The first-order chi connectivity index (χ1) is 8.72. The molecule has 0 radical (unpaired) electrons. The van der Waals surface area contributed by atoms with Crippen LogP contribution in [-0.4, -0.2) is 11.5 Å². The Morgan fingerprint density at radius 3 is 2.39 bits per heavy atom. The van der Waals surface area contributed by atoms with Gasteiger partial charge in [-0.25, -0.2) is 0 Å². The molecule has 0 heterocycles. The Kier molecular flexibility index (Phi) is 4.19. The summed E-state index contributed by atoms with van der Waals surface area (Å²) in [5.74, 6) is 0.801. The molecule has 0 spiro atoms. The molecule has 1 unspecified atom stereocenters. The van der Waals surface area contributed by atoms with Crippen LogP contribution in [0.4, 0.5) is 0 Å². The lowest BCUT2D eigenvalue weighted by Crippen LogP contribution is -2.00. The first-order valence-electron chi connectivity index (χ1n) is 5.78. The fourth-order valence-electron chi connectivity index (χ4n) is 1.82. The zero-order chi connectivity index (χ0) is 13.0. The first kappa shape index (κ1) is 12.9. The largest absolute Gasteiger partial charge is 0.494 e. The minimum atomic E-state index is -2.69. The summed E-state index contributed by atoms with van der Waals surface area (Å²) in [5, 5.41) is 0.492. The van der Waals surface area contributed by atoms with Crippen molar-refractivity contribution in [3.8, 4) is 16.9 Å². The fraction of sp³-hybridized carbons (Fsp3) is 0.143. The number of benzene rings is 2. The number of hydrogen-bond donors (Lipinski definition) is 1. The van der Waals surface area contributed by atoms with Gasteiger partial charge in [-0.05, 0) is 36.2 Å². The van der Waals surface area contributed by atoms with Gasteiger partial charge in [0.1, 0.15) is 5.75 Å². The maximum Gasteiger partial charge on any atom is 0.218 e. The van der Waals surface area contributed by atoms with Gasteiger partial charge in [-0.2, -0.15) is 0 Å². The summed E-state index contributed by atoms with van der Waals surface area (Å²) in [7, 11) is -2.69. The lowest BCUT2D eigenvalue weighted by Gasteiger charge is -2.08. The van der Waals surface area contributed by atoms with Gasteiger partial charge in [0.2, 0.25) is 8.03 Å². The zero-order valence-corrected chi connectivity index (χ0v) is 11.1. The number of ether oxygens (including phenoxy) is 1. The Morgan fingerprint density at radius 1 is 1.11 bits per heavy atom. The number of rotatable bonds is 4. The third-order valence-electron chi connectivity index (χ3n) is 2.63. The molecule has 1 atom stereocenters. The summed E-state index contributed by atoms with van der Waals surface area (Å²) in [6.07, 6.45) is 0. The second-order valence-corrected chi connectivity index (χ2v) is 4.96. The van der Waals surface area contributed by atoms with Crippen molar-refractivity contribution in [2.75, 3.05) is 6.61 Å². The summed E-state index contributed by atoms with van der Waals surface area (Å²) in [5.41, 5.74) is 1.72. The Morgan fingerprint density at radius 2 is 1.78 bits per heavy atom. The highest BCUT2D eigenvalue weighted by atomic mass is 31.1. The summed E-state index contributed by atoms with van der Waals surface area (Å²) < 4.78 is 16.7. The third-order valence-corrected chi connectivity index (χ3v) is 3.53. The Balaban J connectivity index is 2.39. The van der Waals surface area contributed by atoms with Gasteiger partial charge in [0.05, 0.1) is 6.61 Å². The van der Waals surface area contributed by atoms with Gasteiger partial charge in [-0.1, -0.05) is 30.3 Å². The summed E-state index contributed by atoms with van der Waals surface area (Å²) in [6.45, 7) is 2.56. The van der Waals surface area contributed by atoms with Gasteiger partial charge in [0.25, 0.3) is 0 Å². The zero-order valence-electron chi connectivity index (χ0n) is 10.1. The second-order valence-electron chi connectivity index (χ2n) is 3.81. The molecule has 18 heavy (non-hydrogen) atoms. The van der Waals surface area contributed by atoms with Crippen molar-refractivity contribution in [3.63, 3.8) is 0 Å². The van der Waals surface area contributed by atoms with E-state index in [9.17, 15) is 9.46 Å². The lowest BCUT2D eigenvalue weighted by atomic mass is 10.1. The van der Waals surface area contributed by atoms with Gasteiger partial charge in [0, 0.05) is 5.30 Å². The van der Waals surface area contributed by atoms with Crippen LogP contribution in [0, 0.1) is 0 Å². The monoisotopic (exact) mass is 262 g/mol. The predicted molar refractivity (Wildman–Crippen MR) is 73.9 cm³/mol. The van der Waals surface area contributed by atoms with Crippen molar-refractivity contribution in [2.45, 2.75) is 6.92 Å². The quantitative estimate of drug-likeness (QED) is 0.862. The molecule has 2 aromatic carbocycles. The van der Waals surface area contributed by atoms with Gasteiger partial charge in [-0.3, -0.25) is 4.57 Å². The summed E-state index contributed by atoms with van der Waals surface area (Å²) in [6, 6.07) is 14.7. The standard InChI is InChI=1S/C14H15O3P/c1-2-17-12-9-7-11(8-10-12)13-5-3-4-6-14(13)18(15)16/h3-10,18H,2H2,1H3,(H,15,16). The molecule has 4 heteroatoms. The molecule has 2 aromatic rings. The van der Waals surface area contributed by atoms with E-state index < -0.39 is 8.03 Å². The fourth-order valence-corrected chi connectivity index (χ4v) is 2.52. The maximum atomic E-state index is 11.3. The van der Waals surface area contributed by atoms with E-state index in [0.717, 1.165) is 16.9 Å². The Hall–Kier alpha value is -1.57. The molecule has 3 nitrogen and oxygen atoms in total. The summed E-state index contributed by atoms with van der Waals surface area (Å²) in [4.78, 5) is 9.33. The van der Waals surface area contributed by atoms with Crippen LogP contribution < -0.4 is 10.0 Å². The molecular formula is C14H15O3P. The van der Waals surface area contributed by atoms with Crippen molar-refractivity contribution in [3.05, 3.63) is 48.5 Å². The van der Waals surface area contributed by atoms with Crippen LogP contribution >= 0.6 is 8.03 Å². The maximum absolute atomic E-state index is 11.3. The molecule has 0 aliphatic rings. The van der Waals surface area contributed by atoms with Gasteiger partial charge in [0.15, 0.2) is 0 Å². The predicted octanol–water partition coefficient (Wildman–Crippen LogP) is 2.84. The van der Waals surface area contributed by atoms with E-state index in [-0.39, 0.29) is 0 Å². The molecule has 0 bridgehead atoms. The lowest BCUT2D eigenvalue weighted by molar-refractivity contribution is 0.340. The summed E-state index contributed by atoms with van der Waals surface area (Å²) >= 11 is 0. The Labute approximate surface area is 107 Å². The van der Waals surface area contributed by atoms with E-state index >= 15 is 0 Å². The minimum Gasteiger partial charge on any atom is -0.494 e. The highest BCUT2D eigenvalue weighted by molar-refractivity contribution is 7.47. The van der Waals surface area contributed by atoms with Crippen molar-refractivity contribution in [1.82, 2.24) is 0 Å². The SMILES string of the molecule is CCOc1ccc(-c2ccccc2[PH](=O)O)cc1. The molecule has 2 rings (SSSR count). The van der Waals surface area contributed by atoms with Crippen LogP contribution in [-0.2, 0) is 4.57 Å². The minimum absolute atomic E-state index is 0.492. The average molecular weight is 262 g/mol. The molecular weight excluding hydrogens is 247 g/mol. The molecule has 94 valence electrons. The van der Waals surface area contributed by atoms with E-state index in [2.05, 4.69) is 0 Å². The molecule has 0 saturated heterocycles. The second kappa shape index (κ2) is 5.85. The van der Waals surface area contributed by atoms with Gasteiger partial charge in [-0.15, -0.1) is 0 Å². The molecule has 0 aromatic heterocycles. The van der Waals surface area contributed by atoms with E-state index in [1.54, 1.807) is 12.1 Å². The smallest absolute Gasteiger partial charge is 0.218 e. The van der Waals surface area contributed by atoms with Crippen LogP contribution in [0.1, 0.15) is 6.92 Å². The topological polar surface area (TPSA) is 46.5 Å². The van der Waals surface area contributed by atoms with Crippen LogP contribution in [0.3, 0.4) is 0 Å². The third kappa shape index (κ3) is 2.81. The van der Waals surface area contributed by atoms with Crippen LogP contribution in [0.25, 0.3) is 11.1 Å². The average Bonchev–Trinajstić information content (AvgIpc) is 2.40. The normalized spacial score (nSPS) is 12.1. The molecule has 0 aliphatic carbocycles. The van der Waals surface area contributed by atoms with E-state index in [1.807, 2.05) is 43.3 Å². The van der Waals surface area contributed by atoms with Gasteiger partial charge >= 0.3 is 0 Å². The van der Waals surface area contributed by atoms with Crippen molar-refractivity contribution < 1.29 is 14.2 Å². The molecule has 0 aliphatic heterocycles. The Bertz CT molecular complexity index is 549. The van der Waals surface area contributed by atoms with Crippen LogP contribution in [0.5, 0.6) is 5.75 Å². The van der Waals surface area contributed by atoms with Crippen molar-refractivity contribution >= 4 is 13.3 Å². The van der Waals surface area contributed by atoms with E-state index in [0.29, 0.717) is 11.9 Å². The van der Waals surface area contributed by atoms with Crippen LogP contribution in [0.2, 0.25) is 0 Å². The van der Waals surface area contributed by atoms with Crippen LogP contribution in [0.15, 0.2) is 48.5 Å². The molecule has 0 fully saturated rings.